The fourth-order valence-electron chi connectivity index (χ4n) is 3.45. The molecule has 8 heteroatoms. The molecule has 0 bridgehead atoms. The van der Waals surface area contributed by atoms with Gasteiger partial charge in [0.1, 0.15) is 0 Å². The summed E-state index contributed by atoms with van der Waals surface area (Å²) < 4.78 is 24.9. The minimum absolute atomic E-state index is 0.119. The fourth-order valence-corrected chi connectivity index (χ4v) is 5.85. The van der Waals surface area contributed by atoms with Gasteiger partial charge in [-0.2, -0.15) is 0 Å². The number of nitrogens with one attached hydrogen (secondary N) is 1. The molecule has 0 saturated heterocycles. The van der Waals surface area contributed by atoms with Gasteiger partial charge < -0.3 is 14.4 Å². The van der Waals surface area contributed by atoms with Crippen molar-refractivity contribution in [3.63, 3.8) is 0 Å². The maximum atomic E-state index is 13.1. The Labute approximate surface area is 208 Å². The molecule has 5 nitrogen and oxygen atoms in total. The lowest BCUT2D eigenvalue weighted by atomic mass is 9.99. The van der Waals surface area contributed by atoms with Gasteiger partial charge in [0.25, 0.3) is 0 Å². The van der Waals surface area contributed by atoms with Gasteiger partial charge in [-0.15, -0.1) is 0 Å². The molecule has 0 unspecified atom stereocenters. The van der Waals surface area contributed by atoms with Gasteiger partial charge in [-0.3, -0.25) is 9.36 Å². The highest BCUT2D eigenvalue weighted by molar-refractivity contribution is 9.10. The van der Waals surface area contributed by atoms with E-state index in [1.807, 2.05) is 43.3 Å². The standard InChI is InChI=1S/C25H26BrClNO4P/c1-4-31-33(30,32-5-2)16-18-14-19(26)10-13-24(18)28-20-11-12-22(23(27)15-20)25(29)21-9-7-6-8-17(21)3/h6-15,28H,4-5,16H2,1-3H3. The maximum Gasteiger partial charge on any atom is 0.335 e. The molecular formula is C25H26BrClNO4P. The zero-order valence-corrected chi connectivity index (χ0v) is 22.0. The van der Waals surface area contributed by atoms with E-state index in [1.54, 1.807) is 38.1 Å². The Morgan fingerprint density at radius 2 is 1.70 bits per heavy atom. The van der Waals surface area contributed by atoms with Crippen LogP contribution in [0, 0.1) is 6.92 Å². The first-order valence-electron chi connectivity index (χ1n) is 10.6. The van der Waals surface area contributed by atoms with Gasteiger partial charge in [-0.25, -0.2) is 0 Å². The van der Waals surface area contributed by atoms with Crippen molar-refractivity contribution < 1.29 is 18.4 Å². The van der Waals surface area contributed by atoms with E-state index in [9.17, 15) is 9.36 Å². The highest BCUT2D eigenvalue weighted by Gasteiger charge is 2.26. The number of aryl methyl sites for hydroxylation is 1. The van der Waals surface area contributed by atoms with Gasteiger partial charge in [0.2, 0.25) is 0 Å². The predicted octanol–water partition coefficient (Wildman–Crippen LogP) is 8.15. The summed E-state index contributed by atoms with van der Waals surface area (Å²) in [5.74, 6) is -0.122. The molecule has 1 N–H and O–H groups in total. The Kier molecular flexibility index (Phi) is 8.91. The zero-order chi connectivity index (χ0) is 24.0. The SMILES string of the molecule is CCOP(=O)(Cc1cc(Br)ccc1Nc1ccc(C(=O)c2ccccc2C)c(Cl)c1)OCC. The molecule has 0 aliphatic carbocycles. The summed E-state index contributed by atoms with van der Waals surface area (Å²) in [6, 6.07) is 18.3. The maximum absolute atomic E-state index is 13.1. The van der Waals surface area contributed by atoms with Crippen LogP contribution < -0.4 is 5.32 Å². The lowest BCUT2D eigenvalue weighted by molar-refractivity contribution is 0.103. The lowest BCUT2D eigenvalue weighted by Crippen LogP contribution is -2.05. The monoisotopic (exact) mass is 549 g/mol. The molecule has 3 aromatic rings. The van der Waals surface area contributed by atoms with E-state index >= 15 is 0 Å². The molecule has 0 aromatic heterocycles. The van der Waals surface area contributed by atoms with E-state index in [1.165, 1.54) is 0 Å². The topological polar surface area (TPSA) is 64.6 Å². The summed E-state index contributed by atoms with van der Waals surface area (Å²) in [5, 5.41) is 3.66. The molecule has 0 spiro atoms. The fraction of sp³-hybridized carbons (Fsp3) is 0.240. The second-order valence-electron chi connectivity index (χ2n) is 7.37. The third-order valence-corrected chi connectivity index (χ3v) is 7.80. The number of hydrogen-bond donors (Lipinski definition) is 1. The molecule has 0 aliphatic rings. The highest BCUT2D eigenvalue weighted by Crippen LogP contribution is 2.52. The van der Waals surface area contributed by atoms with E-state index in [0.29, 0.717) is 35.1 Å². The van der Waals surface area contributed by atoms with Gasteiger partial charge in [-0.1, -0.05) is 51.8 Å². The summed E-state index contributed by atoms with van der Waals surface area (Å²) in [6.45, 7) is 6.05. The number of carbonyl (C=O) groups is 1. The van der Waals surface area contributed by atoms with Gasteiger partial charge in [0.15, 0.2) is 5.78 Å². The van der Waals surface area contributed by atoms with E-state index in [0.717, 1.165) is 21.3 Å². The van der Waals surface area contributed by atoms with Crippen LogP contribution in [0.1, 0.15) is 40.9 Å². The normalized spacial score (nSPS) is 11.4. The minimum Gasteiger partial charge on any atom is -0.355 e. The van der Waals surface area contributed by atoms with Gasteiger partial charge in [-0.05, 0) is 68.3 Å². The van der Waals surface area contributed by atoms with Crippen LogP contribution in [0.4, 0.5) is 11.4 Å². The summed E-state index contributed by atoms with van der Waals surface area (Å²) >= 11 is 9.97. The molecule has 0 amide bonds. The molecule has 0 heterocycles. The average molecular weight is 551 g/mol. The molecule has 0 radical (unpaired) electrons. The largest absolute Gasteiger partial charge is 0.355 e. The molecule has 33 heavy (non-hydrogen) atoms. The number of anilines is 2. The number of rotatable bonds is 10. The third-order valence-electron chi connectivity index (χ3n) is 4.97. The van der Waals surface area contributed by atoms with Crippen molar-refractivity contribution in [3.05, 3.63) is 92.4 Å². The molecule has 0 aliphatic heterocycles. The van der Waals surface area contributed by atoms with Crippen molar-refractivity contribution in [2.24, 2.45) is 0 Å². The van der Waals surface area contributed by atoms with Gasteiger partial charge in [0, 0.05) is 27.0 Å². The predicted molar refractivity (Wildman–Crippen MR) is 138 cm³/mol. The van der Waals surface area contributed by atoms with Crippen molar-refractivity contribution >= 4 is 52.3 Å². The highest BCUT2D eigenvalue weighted by atomic mass is 79.9. The van der Waals surface area contributed by atoms with Crippen LogP contribution in [0.15, 0.2) is 65.1 Å². The number of carbonyl (C=O) groups excluding carboxylic acids is 1. The van der Waals surface area contributed by atoms with E-state index in [2.05, 4.69) is 21.2 Å². The average Bonchev–Trinajstić information content (AvgIpc) is 2.76. The number of benzene rings is 3. The smallest absolute Gasteiger partial charge is 0.335 e. The number of halogens is 2. The minimum atomic E-state index is -3.29. The summed E-state index contributed by atoms with van der Waals surface area (Å²) in [4.78, 5) is 13.0. The van der Waals surface area contributed by atoms with Crippen LogP contribution in [-0.4, -0.2) is 19.0 Å². The Morgan fingerprint density at radius 3 is 2.33 bits per heavy atom. The van der Waals surface area contributed by atoms with Crippen molar-refractivity contribution in [3.8, 4) is 0 Å². The quantitative estimate of drug-likeness (QED) is 0.204. The zero-order valence-electron chi connectivity index (χ0n) is 18.7. The van der Waals surface area contributed by atoms with Gasteiger partial charge in [0.05, 0.1) is 24.4 Å². The molecule has 3 aromatic carbocycles. The number of hydrogen-bond acceptors (Lipinski definition) is 5. The van der Waals surface area contributed by atoms with Crippen LogP contribution in [0.25, 0.3) is 0 Å². The van der Waals surface area contributed by atoms with Crippen LogP contribution in [0.5, 0.6) is 0 Å². The second kappa shape index (κ2) is 11.5. The van der Waals surface area contributed by atoms with Crippen molar-refractivity contribution in [2.45, 2.75) is 26.9 Å². The molecule has 0 atom stereocenters. The van der Waals surface area contributed by atoms with Crippen LogP contribution in [-0.2, 0) is 19.8 Å². The molecule has 0 saturated carbocycles. The lowest BCUT2D eigenvalue weighted by Gasteiger charge is -2.20. The van der Waals surface area contributed by atoms with Crippen molar-refractivity contribution in [1.82, 2.24) is 0 Å². The molecule has 3 rings (SSSR count). The first-order chi connectivity index (χ1) is 15.8. The third kappa shape index (κ3) is 6.56. The van der Waals surface area contributed by atoms with Crippen LogP contribution in [0.2, 0.25) is 5.02 Å². The molecular weight excluding hydrogens is 525 g/mol. The van der Waals surface area contributed by atoms with Gasteiger partial charge >= 0.3 is 7.60 Å². The summed E-state index contributed by atoms with van der Waals surface area (Å²) in [6.07, 6.45) is 0.119. The Morgan fingerprint density at radius 1 is 1.00 bits per heavy atom. The van der Waals surface area contributed by atoms with E-state index < -0.39 is 7.60 Å². The first kappa shape index (κ1) is 25.7. The van der Waals surface area contributed by atoms with E-state index in [-0.39, 0.29) is 11.9 Å². The molecule has 0 fully saturated rings. The molecule has 174 valence electrons. The Hall–Kier alpha value is -1.95. The van der Waals surface area contributed by atoms with Crippen molar-refractivity contribution in [1.29, 1.82) is 0 Å². The van der Waals surface area contributed by atoms with Crippen LogP contribution in [0.3, 0.4) is 0 Å². The van der Waals surface area contributed by atoms with E-state index in [4.69, 9.17) is 20.6 Å². The van der Waals surface area contributed by atoms with Crippen molar-refractivity contribution in [2.75, 3.05) is 18.5 Å². The first-order valence-corrected chi connectivity index (χ1v) is 13.5. The second-order valence-corrected chi connectivity index (χ2v) is 10.7. The number of ketones is 1. The Bertz CT molecular complexity index is 1190. The Balaban J connectivity index is 1.88. The van der Waals surface area contributed by atoms with Crippen LogP contribution >= 0.6 is 35.1 Å². The summed E-state index contributed by atoms with van der Waals surface area (Å²) in [7, 11) is -3.29. The summed E-state index contributed by atoms with van der Waals surface area (Å²) in [5.41, 5.74) is 4.17.